The summed E-state index contributed by atoms with van der Waals surface area (Å²) < 4.78 is 38.1. The van der Waals surface area contributed by atoms with Crippen LogP contribution in [0.4, 0.5) is 10.1 Å². The molecule has 1 rings (SSSR count). The Balaban J connectivity index is 3.51. The van der Waals surface area contributed by atoms with Gasteiger partial charge in [-0.15, -0.1) is 0 Å². The normalized spacial score (nSPS) is 10.8. The second-order valence-corrected chi connectivity index (χ2v) is 5.34. The molecule has 0 heterocycles. The number of benzene rings is 1. The second-order valence-electron chi connectivity index (χ2n) is 3.43. The maximum absolute atomic E-state index is 13.4. The summed E-state index contributed by atoms with van der Waals surface area (Å²) in [6, 6.07) is 5.63. The third-order valence-corrected chi connectivity index (χ3v) is 4.07. The number of nitro groups is 1. The first-order chi connectivity index (χ1) is 9.36. The van der Waals surface area contributed by atoms with Crippen molar-refractivity contribution in [3.63, 3.8) is 0 Å². The third kappa shape index (κ3) is 2.88. The molecule has 0 aromatic heterocycles. The molecule has 0 spiro atoms. The standard InChI is InChI=1S/C10H7FN4O4S/c11-8-2-1-3-9(10(8)15(16)17)20(18,19)14(6-4-12)7-5-13/h1-3H,6-7H2. The first kappa shape index (κ1) is 15.5. The Hall–Kier alpha value is -2.56. The Morgan fingerprint density at radius 3 is 2.30 bits per heavy atom. The summed E-state index contributed by atoms with van der Waals surface area (Å²) in [5, 5.41) is 27.8. The van der Waals surface area contributed by atoms with Crippen molar-refractivity contribution in [1.82, 2.24) is 4.31 Å². The van der Waals surface area contributed by atoms with E-state index in [2.05, 4.69) is 0 Å². The Morgan fingerprint density at radius 2 is 1.85 bits per heavy atom. The van der Waals surface area contributed by atoms with Crippen LogP contribution in [0.5, 0.6) is 0 Å². The van der Waals surface area contributed by atoms with E-state index in [9.17, 15) is 22.9 Å². The molecule has 0 amide bonds. The van der Waals surface area contributed by atoms with E-state index in [0.29, 0.717) is 4.31 Å². The van der Waals surface area contributed by atoms with Crippen molar-refractivity contribution < 1.29 is 17.7 Å². The fraction of sp³-hybridized carbons (Fsp3) is 0.200. The van der Waals surface area contributed by atoms with Crippen LogP contribution < -0.4 is 0 Å². The van der Waals surface area contributed by atoms with Gasteiger partial charge in [-0.05, 0) is 12.1 Å². The van der Waals surface area contributed by atoms with Crippen LogP contribution in [0.15, 0.2) is 23.1 Å². The second kappa shape index (κ2) is 6.06. The van der Waals surface area contributed by atoms with Crippen molar-refractivity contribution in [2.75, 3.05) is 13.1 Å². The monoisotopic (exact) mass is 298 g/mol. The Kier molecular flexibility index (Phi) is 4.69. The zero-order valence-electron chi connectivity index (χ0n) is 9.85. The predicted molar refractivity (Wildman–Crippen MR) is 63.0 cm³/mol. The van der Waals surface area contributed by atoms with E-state index in [4.69, 9.17) is 10.5 Å². The molecule has 104 valence electrons. The number of para-hydroxylation sites is 1. The van der Waals surface area contributed by atoms with Crippen molar-refractivity contribution in [2.24, 2.45) is 0 Å². The lowest BCUT2D eigenvalue weighted by molar-refractivity contribution is -0.390. The SMILES string of the molecule is N#CCN(CC#N)S(=O)(=O)c1cccc(F)c1[N+](=O)[O-]. The van der Waals surface area contributed by atoms with E-state index in [1.165, 1.54) is 12.1 Å². The molecule has 0 aliphatic rings. The van der Waals surface area contributed by atoms with Crippen LogP contribution in [0.1, 0.15) is 0 Å². The molecule has 0 aliphatic heterocycles. The molecule has 0 aliphatic carbocycles. The topological polar surface area (TPSA) is 128 Å². The minimum absolute atomic E-state index is 0.425. The number of nitriles is 2. The van der Waals surface area contributed by atoms with Crippen molar-refractivity contribution in [3.05, 3.63) is 34.1 Å². The van der Waals surface area contributed by atoms with Crippen LogP contribution in [-0.2, 0) is 10.0 Å². The van der Waals surface area contributed by atoms with Gasteiger partial charge < -0.3 is 0 Å². The minimum Gasteiger partial charge on any atom is -0.258 e. The largest absolute Gasteiger partial charge is 0.324 e. The number of hydrogen-bond acceptors (Lipinski definition) is 6. The summed E-state index contributed by atoms with van der Waals surface area (Å²) in [5.74, 6) is -1.31. The Labute approximate surface area is 113 Å². The van der Waals surface area contributed by atoms with Crippen molar-refractivity contribution in [3.8, 4) is 12.1 Å². The summed E-state index contributed by atoms with van der Waals surface area (Å²) in [6.07, 6.45) is 0. The van der Waals surface area contributed by atoms with Crippen LogP contribution in [-0.4, -0.2) is 30.7 Å². The highest BCUT2D eigenvalue weighted by atomic mass is 32.2. The smallest absolute Gasteiger partial charge is 0.258 e. The molecule has 0 atom stereocenters. The zero-order valence-corrected chi connectivity index (χ0v) is 10.7. The summed E-state index contributed by atoms with van der Waals surface area (Å²) in [6.45, 7) is -1.35. The average Bonchev–Trinajstić information content (AvgIpc) is 2.37. The lowest BCUT2D eigenvalue weighted by atomic mass is 10.3. The van der Waals surface area contributed by atoms with Crippen LogP contribution >= 0.6 is 0 Å². The molecule has 0 bridgehead atoms. The van der Waals surface area contributed by atoms with Gasteiger partial charge in [0.25, 0.3) is 10.0 Å². The van der Waals surface area contributed by atoms with Gasteiger partial charge in [0.1, 0.15) is 13.1 Å². The maximum Gasteiger partial charge on any atom is 0.324 e. The highest BCUT2D eigenvalue weighted by Crippen LogP contribution is 2.28. The zero-order chi connectivity index (χ0) is 15.3. The van der Waals surface area contributed by atoms with Crippen LogP contribution in [0.25, 0.3) is 0 Å². The summed E-state index contributed by atoms with van der Waals surface area (Å²) in [7, 11) is -4.52. The molecule has 0 saturated carbocycles. The summed E-state index contributed by atoms with van der Waals surface area (Å²) >= 11 is 0. The van der Waals surface area contributed by atoms with Crippen molar-refractivity contribution in [2.45, 2.75) is 4.90 Å². The van der Waals surface area contributed by atoms with E-state index in [1.54, 1.807) is 0 Å². The first-order valence-electron chi connectivity index (χ1n) is 5.03. The lowest BCUT2D eigenvalue weighted by Crippen LogP contribution is -2.32. The highest BCUT2D eigenvalue weighted by Gasteiger charge is 2.33. The summed E-state index contributed by atoms with van der Waals surface area (Å²) in [5.41, 5.74) is -1.21. The maximum atomic E-state index is 13.4. The summed E-state index contributed by atoms with van der Waals surface area (Å²) in [4.78, 5) is 8.72. The Morgan fingerprint density at radius 1 is 1.30 bits per heavy atom. The van der Waals surface area contributed by atoms with Gasteiger partial charge >= 0.3 is 5.69 Å². The molecule has 0 unspecified atom stereocenters. The van der Waals surface area contributed by atoms with Gasteiger partial charge in [-0.2, -0.15) is 19.2 Å². The van der Waals surface area contributed by atoms with E-state index in [0.717, 1.165) is 18.2 Å². The van der Waals surface area contributed by atoms with Gasteiger partial charge in [-0.1, -0.05) is 6.07 Å². The van der Waals surface area contributed by atoms with Crippen molar-refractivity contribution in [1.29, 1.82) is 10.5 Å². The van der Waals surface area contributed by atoms with Gasteiger partial charge in [-0.3, -0.25) is 10.1 Å². The predicted octanol–water partition coefficient (Wildman–Crippen LogP) is 0.772. The lowest BCUT2D eigenvalue weighted by Gasteiger charge is -2.15. The Bertz CT molecular complexity index is 704. The number of hydrogen-bond donors (Lipinski definition) is 0. The van der Waals surface area contributed by atoms with E-state index in [-0.39, 0.29) is 0 Å². The molecular formula is C10H7FN4O4S. The number of rotatable bonds is 5. The molecular weight excluding hydrogens is 291 g/mol. The quantitative estimate of drug-likeness (QED) is 0.448. The molecule has 0 saturated heterocycles. The van der Waals surface area contributed by atoms with E-state index < -0.39 is 44.4 Å². The molecule has 10 heteroatoms. The number of nitro benzene ring substituents is 1. The highest BCUT2D eigenvalue weighted by molar-refractivity contribution is 7.89. The van der Waals surface area contributed by atoms with E-state index >= 15 is 0 Å². The van der Waals surface area contributed by atoms with E-state index in [1.807, 2.05) is 0 Å². The third-order valence-electron chi connectivity index (χ3n) is 2.24. The minimum atomic E-state index is -4.52. The molecule has 8 nitrogen and oxygen atoms in total. The van der Waals surface area contributed by atoms with Gasteiger partial charge in [0.05, 0.1) is 17.1 Å². The molecule has 1 aromatic carbocycles. The number of nitrogens with zero attached hydrogens (tertiary/aromatic N) is 4. The molecule has 1 aromatic rings. The van der Waals surface area contributed by atoms with Gasteiger partial charge in [0, 0.05) is 0 Å². The first-order valence-corrected chi connectivity index (χ1v) is 6.47. The number of sulfonamides is 1. The van der Waals surface area contributed by atoms with Gasteiger partial charge in [0.15, 0.2) is 4.90 Å². The fourth-order valence-corrected chi connectivity index (χ4v) is 2.80. The average molecular weight is 298 g/mol. The van der Waals surface area contributed by atoms with Gasteiger partial charge in [-0.25, -0.2) is 8.42 Å². The molecule has 0 fully saturated rings. The van der Waals surface area contributed by atoms with Crippen LogP contribution in [0, 0.1) is 38.6 Å². The van der Waals surface area contributed by atoms with Gasteiger partial charge in [0.2, 0.25) is 5.82 Å². The fourth-order valence-electron chi connectivity index (χ4n) is 1.40. The van der Waals surface area contributed by atoms with Crippen molar-refractivity contribution >= 4 is 15.7 Å². The molecule has 0 N–H and O–H groups in total. The molecule has 20 heavy (non-hydrogen) atoms. The number of halogens is 1. The van der Waals surface area contributed by atoms with Crippen LogP contribution in [0.2, 0.25) is 0 Å². The molecule has 0 radical (unpaired) electrons. The van der Waals surface area contributed by atoms with Crippen LogP contribution in [0.3, 0.4) is 0 Å².